The molecular formula is C25H24Br2ClN5. The zero-order valence-electron chi connectivity index (χ0n) is 18.0. The molecule has 3 heterocycles. The van der Waals surface area contributed by atoms with Crippen LogP contribution in [0.15, 0.2) is 69.7 Å². The Balaban J connectivity index is 1.33. The van der Waals surface area contributed by atoms with E-state index in [4.69, 9.17) is 16.6 Å². The molecule has 1 atom stereocenters. The average molecular weight is 590 g/mol. The van der Waals surface area contributed by atoms with Gasteiger partial charge in [0, 0.05) is 40.8 Å². The second kappa shape index (κ2) is 10.1. The van der Waals surface area contributed by atoms with Crippen molar-refractivity contribution >= 4 is 54.9 Å². The molecule has 1 aliphatic heterocycles. The summed E-state index contributed by atoms with van der Waals surface area (Å²) in [5.41, 5.74) is 3.86. The van der Waals surface area contributed by atoms with Gasteiger partial charge in [-0.25, -0.2) is 4.98 Å². The fourth-order valence-electron chi connectivity index (χ4n) is 4.47. The van der Waals surface area contributed by atoms with Crippen LogP contribution in [0.5, 0.6) is 0 Å². The number of benzene rings is 2. The monoisotopic (exact) mass is 587 g/mol. The highest BCUT2D eigenvalue weighted by molar-refractivity contribution is 9.11. The number of nitrogens with zero attached hydrogens (tertiary/aromatic N) is 4. The first-order chi connectivity index (χ1) is 16.1. The Labute approximate surface area is 215 Å². The number of anilines is 1. The zero-order valence-corrected chi connectivity index (χ0v) is 21.9. The predicted octanol–water partition coefficient (Wildman–Crippen LogP) is 6.90. The molecule has 0 radical (unpaired) electrons. The molecule has 8 heteroatoms. The third kappa shape index (κ3) is 5.27. The summed E-state index contributed by atoms with van der Waals surface area (Å²) in [5.74, 6) is 1.49. The molecule has 0 aliphatic carbocycles. The number of halogens is 3. The van der Waals surface area contributed by atoms with E-state index < -0.39 is 0 Å². The fraction of sp³-hybridized carbons (Fsp3) is 0.280. The molecular weight excluding hydrogens is 566 g/mol. The van der Waals surface area contributed by atoms with E-state index in [9.17, 15) is 0 Å². The molecule has 170 valence electrons. The van der Waals surface area contributed by atoms with Gasteiger partial charge in [0.2, 0.25) is 0 Å². The SMILES string of the molecule is Clc1ccccc1-c1cc(NCC2CCCN(Cc3cccc(Br)c3)C2)n2ncc(Br)c2n1. The van der Waals surface area contributed by atoms with Crippen molar-refractivity contribution in [2.45, 2.75) is 19.4 Å². The van der Waals surface area contributed by atoms with E-state index in [1.54, 1.807) is 6.20 Å². The van der Waals surface area contributed by atoms with Crippen LogP contribution in [0, 0.1) is 5.92 Å². The molecule has 5 nitrogen and oxygen atoms in total. The van der Waals surface area contributed by atoms with Gasteiger partial charge in [0.15, 0.2) is 5.65 Å². The molecule has 0 amide bonds. The smallest absolute Gasteiger partial charge is 0.172 e. The van der Waals surface area contributed by atoms with Crippen molar-refractivity contribution in [2.24, 2.45) is 5.92 Å². The number of hydrogen-bond donors (Lipinski definition) is 1. The van der Waals surface area contributed by atoms with Crippen LogP contribution in [0.3, 0.4) is 0 Å². The summed E-state index contributed by atoms with van der Waals surface area (Å²) in [7, 11) is 0. The zero-order chi connectivity index (χ0) is 22.8. The summed E-state index contributed by atoms with van der Waals surface area (Å²) < 4.78 is 3.85. The van der Waals surface area contributed by atoms with Gasteiger partial charge in [-0.15, -0.1) is 0 Å². The molecule has 1 fully saturated rings. The van der Waals surface area contributed by atoms with Crippen LogP contribution in [0.25, 0.3) is 16.9 Å². The van der Waals surface area contributed by atoms with Crippen molar-refractivity contribution in [3.8, 4) is 11.3 Å². The predicted molar refractivity (Wildman–Crippen MR) is 142 cm³/mol. The number of fused-ring (bicyclic) bond motifs is 1. The number of aromatic nitrogens is 3. The van der Waals surface area contributed by atoms with E-state index in [0.29, 0.717) is 10.9 Å². The van der Waals surface area contributed by atoms with Crippen molar-refractivity contribution in [1.82, 2.24) is 19.5 Å². The topological polar surface area (TPSA) is 45.5 Å². The maximum Gasteiger partial charge on any atom is 0.172 e. The van der Waals surface area contributed by atoms with Crippen LogP contribution in [0.4, 0.5) is 5.82 Å². The van der Waals surface area contributed by atoms with E-state index in [1.165, 1.54) is 18.4 Å². The maximum atomic E-state index is 6.46. The highest BCUT2D eigenvalue weighted by Gasteiger charge is 2.21. The summed E-state index contributed by atoms with van der Waals surface area (Å²) in [4.78, 5) is 7.36. The molecule has 0 spiro atoms. The lowest BCUT2D eigenvalue weighted by Gasteiger charge is -2.33. The van der Waals surface area contributed by atoms with Gasteiger partial charge in [-0.3, -0.25) is 4.90 Å². The Bertz CT molecular complexity index is 1270. The highest BCUT2D eigenvalue weighted by atomic mass is 79.9. The first kappa shape index (κ1) is 22.8. The lowest BCUT2D eigenvalue weighted by Crippen LogP contribution is -2.37. The van der Waals surface area contributed by atoms with E-state index in [-0.39, 0.29) is 0 Å². The minimum absolute atomic E-state index is 0.567. The summed E-state index contributed by atoms with van der Waals surface area (Å²) in [6.07, 6.45) is 4.21. The lowest BCUT2D eigenvalue weighted by molar-refractivity contribution is 0.173. The Kier molecular flexibility index (Phi) is 7.02. The van der Waals surface area contributed by atoms with Gasteiger partial charge < -0.3 is 5.32 Å². The van der Waals surface area contributed by atoms with E-state index in [1.807, 2.05) is 34.8 Å². The molecule has 0 bridgehead atoms. The first-order valence-corrected chi connectivity index (χ1v) is 13.0. The van der Waals surface area contributed by atoms with Crippen LogP contribution in [-0.4, -0.2) is 39.1 Å². The summed E-state index contributed by atoms with van der Waals surface area (Å²) in [5, 5.41) is 8.86. The molecule has 1 N–H and O–H groups in total. The van der Waals surface area contributed by atoms with Gasteiger partial charge in [0.05, 0.1) is 16.4 Å². The van der Waals surface area contributed by atoms with Crippen LogP contribution in [0.1, 0.15) is 18.4 Å². The van der Waals surface area contributed by atoms with Crippen molar-refractivity contribution in [2.75, 3.05) is 25.0 Å². The molecule has 1 aliphatic rings. The summed E-state index contributed by atoms with van der Waals surface area (Å²) in [6, 6.07) is 18.4. The van der Waals surface area contributed by atoms with Crippen LogP contribution in [0.2, 0.25) is 5.02 Å². The van der Waals surface area contributed by atoms with Crippen molar-refractivity contribution in [3.63, 3.8) is 0 Å². The van der Waals surface area contributed by atoms with Gasteiger partial charge >= 0.3 is 0 Å². The van der Waals surface area contributed by atoms with Gasteiger partial charge in [-0.2, -0.15) is 9.61 Å². The molecule has 2 aromatic carbocycles. The quantitative estimate of drug-likeness (QED) is 0.266. The fourth-order valence-corrected chi connectivity index (χ4v) is 5.50. The number of rotatable bonds is 6. The van der Waals surface area contributed by atoms with Crippen LogP contribution < -0.4 is 5.32 Å². The van der Waals surface area contributed by atoms with Gasteiger partial charge in [-0.1, -0.05) is 57.9 Å². The second-order valence-corrected chi connectivity index (χ2v) is 10.7. The molecule has 5 rings (SSSR count). The number of likely N-dealkylation sites (tertiary alicyclic amines) is 1. The lowest BCUT2D eigenvalue weighted by atomic mass is 9.97. The molecule has 1 saturated heterocycles. The second-order valence-electron chi connectivity index (χ2n) is 8.49. The van der Waals surface area contributed by atoms with Gasteiger partial charge in [0.1, 0.15) is 5.82 Å². The van der Waals surface area contributed by atoms with Gasteiger partial charge in [-0.05, 0) is 65.0 Å². The first-order valence-electron chi connectivity index (χ1n) is 11.1. The van der Waals surface area contributed by atoms with E-state index in [2.05, 4.69) is 71.4 Å². The standard InChI is InChI=1S/C25H24Br2ClN5/c26-19-7-3-5-17(11-19)15-32-10-4-6-18(16-32)13-29-24-12-23(20-8-1-2-9-22(20)28)31-25-21(27)14-30-33(24)25/h1-3,5,7-9,11-12,14,18,29H,4,6,10,13,15-16H2. The van der Waals surface area contributed by atoms with E-state index >= 15 is 0 Å². The van der Waals surface area contributed by atoms with Crippen molar-refractivity contribution < 1.29 is 0 Å². The molecule has 0 saturated carbocycles. The van der Waals surface area contributed by atoms with E-state index in [0.717, 1.165) is 57.8 Å². The normalized spacial score (nSPS) is 16.9. The van der Waals surface area contributed by atoms with Crippen molar-refractivity contribution in [3.05, 3.63) is 80.3 Å². The molecule has 33 heavy (non-hydrogen) atoms. The Morgan fingerprint density at radius 1 is 1.09 bits per heavy atom. The Hall–Kier alpha value is -1.93. The molecule has 1 unspecified atom stereocenters. The largest absolute Gasteiger partial charge is 0.370 e. The minimum atomic E-state index is 0.567. The number of piperidine rings is 1. The summed E-state index contributed by atoms with van der Waals surface area (Å²) in [6.45, 7) is 4.09. The Morgan fingerprint density at radius 2 is 1.97 bits per heavy atom. The number of nitrogens with one attached hydrogen (secondary N) is 1. The number of hydrogen-bond acceptors (Lipinski definition) is 4. The van der Waals surface area contributed by atoms with Crippen LogP contribution in [-0.2, 0) is 6.54 Å². The average Bonchev–Trinajstić information content (AvgIpc) is 3.19. The van der Waals surface area contributed by atoms with Crippen LogP contribution >= 0.6 is 43.5 Å². The molecule has 4 aromatic rings. The summed E-state index contributed by atoms with van der Waals surface area (Å²) >= 11 is 13.6. The van der Waals surface area contributed by atoms with Gasteiger partial charge in [0.25, 0.3) is 0 Å². The highest BCUT2D eigenvalue weighted by Crippen LogP contribution is 2.30. The van der Waals surface area contributed by atoms with Crippen molar-refractivity contribution in [1.29, 1.82) is 0 Å². The maximum absolute atomic E-state index is 6.46. The third-order valence-electron chi connectivity index (χ3n) is 6.05. The molecule has 2 aromatic heterocycles. The Morgan fingerprint density at radius 3 is 2.82 bits per heavy atom. The minimum Gasteiger partial charge on any atom is -0.370 e. The third-order valence-corrected chi connectivity index (χ3v) is 7.43.